The maximum Gasteiger partial charge on any atom is 0.126 e. The van der Waals surface area contributed by atoms with Gasteiger partial charge in [0.1, 0.15) is 5.82 Å². The van der Waals surface area contributed by atoms with Crippen molar-refractivity contribution < 1.29 is 0 Å². The van der Waals surface area contributed by atoms with E-state index in [-0.39, 0.29) is 0 Å². The molecule has 3 aromatic rings. The van der Waals surface area contributed by atoms with E-state index in [1.807, 2.05) is 36.8 Å². The van der Waals surface area contributed by atoms with E-state index in [2.05, 4.69) is 38.9 Å². The minimum absolute atomic E-state index is 0.807. The summed E-state index contributed by atoms with van der Waals surface area (Å²) in [6.45, 7) is 3.75. The smallest absolute Gasteiger partial charge is 0.126 e. The van der Waals surface area contributed by atoms with Crippen molar-refractivity contribution >= 4 is 16.9 Å². The lowest BCUT2D eigenvalue weighted by Crippen LogP contribution is -2.02. The monoisotopic (exact) mass is 252 g/mol. The summed E-state index contributed by atoms with van der Waals surface area (Å²) in [7, 11) is 0. The van der Waals surface area contributed by atoms with Crippen LogP contribution >= 0.6 is 0 Å². The molecule has 1 aromatic carbocycles. The Morgan fingerprint density at radius 1 is 1.16 bits per heavy atom. The van der Waals surface area contributed by atoms with E-state index in [9.17, 15) is 0 Å². The summed E-state index contributed by atoms with van der Waals surface area (Å²) in [6, 6.07) is 12.3. The lowest BCUT2D eigenvalue weighted by molar-refractivity contribution is 0.822. The van der Waals surface area contributed by atoms with Crippen LogP contribution in [0.25, 0.3) is 11.0 Å². The van der Waals surface area contributed by atoms with Crippen LogP contribution in [0.3, 0.4) is 0 Å². The third-order valence-electron chi connectivity index (χ3n) is 3.06. The first kappa shape index (κ1) is 11.7. The number of nitrogens with one attached hydrogen (secondary N) is 1. The quantitative estimate of drug-likeness (QED) is 0.776. The van der Waals surface area contributed by atoms with Crippen LogP contribution in [0, 0.1) is 0 Å². The first-order chi connectivity index (χ1) is 9.36. The van der Waals surface area contributed by atoms with E-state index in [0.29, 0.717) is 0 Å². The number of pyridine rings is 1. The van der Waals surface area contributed by atoms with Crippen LogP contribution in [-0.2, 0) is 6.54 Å². The molecule has 4 nitrogen and oxygen atoms in total. The average molecular weight is 252 g/mol. The number of imidazole rings is 1. The summed E-state index contributed by atoms with van der Waals surface area (Å²) in [5.74, 6) is 0.921. The molecule has 0 radical (unpaired) electrons. The Bertz CT molecular complexity index is 687. The van der Waals surface area contributed by atoms with E-state index >= 15 is 0 Å². The van der Waals surface area contributed by atoms with Gasteiger partial charge in [-0.05, 0) is 36.8 Å². The van der Waals surface area contributed by atoms with Crippen LogP contribution in [0.1, 0.15) is 12.5 Å². The number of hydrogen-bond donors (Lipinski definition) is 1. The molecule has 0 saturated carbocycles. The molecule has 0 unspecified atom stereocenters. The molecule has 0 saturated heterocycles. The molecule has 0 bridgehead atoms. The van der Waals surface area contributed by atoms with Gasteiger partial charge >= 0.3 is 0 Å². The highest BCUT2D eigenvalue weighted by Crippen LogP contribution is 2.15. The highest BCUT2D eigenvalue weighted by molar-refractivity contribution is 5.75. The molecule has 0 fully saturated rings. The Kier molecular flexibility index (Phi) is 3.14. The molecule has 2 heterocycles. The molecule has 0 spiro atoms. The minimum atomic E-state index is 0.807. The Morgan fingerprint density at radius 2 is 2.05 bits per heavy atom. The van der Waals surface area contributed by atoms with Gasteiger partial charge < -0.3 is 9.88 Å². The standard InChI is InChI=1S/C15H16N4/c1-2-16-15-9-12(7-8-17-15)10-19-11-18-13-5-3-4-6-14(13)19/h3-9,11H,2,10H2,1H3,(H,16,17). The van der Waals surface area contributed by atoms with Crippen LogP contribution in [0.4, 0.5) is 5.82 Å². The fraction of sp³-hybridized carbons (Fsp3) is 0.200. The number of benzene rings is 1. The molecule has 0 atom stereocenters. The van der Waals surface area contributed by atoms with Gasteiger partial charge in [-0.3, -0.25) is 0 Å². The highest BCUT2D eigenvalue weighted by atomic mass is 15.0. The van der Waals surface area contributed by atoms with Gasteiger partial charge in [0.2, 0.25) is 0 Å². The molecule has 2 aromatic heterocycles. The summed E-state index contributed by atoms with van der Waals surface area (Å²) in [4.78, 5) is 8.69. The zero-order valence-corrected chi connectivity index (χ0v) is 10.9. The lowest BCUT2D eigenvalue weighted by Gasteiger charge is -2.07. The Hall–Kier alpha value is -2.36. The zero-order chi connectivity index (χ0) is 13.1. The molecule has 3 rings (SSSR count). The molecule has 0 aliphatic carbocycles. The van der Waals surface area contributed by atoms with Crippen LogP contribution in [0.2, 0.25) is 0 Å². The minimum Gasteiger partial charge on any atom is -0.370 e. The first-order valence-corrected chi connectivity index (χ1v) is 6.45. The molecule has 0 amide bonds. The van der Waals surface area contributed by atoms with E-state index < -0.39 is 0 Å². The van der Waals surface area contributed by atoms with Gasteiger partial charge in [-0.15, -0.1) is 0 Å². The second-order valence-corrected chi connectivity index (χ2v) is 4.44. The molecule has 0 aliphatic rings. The third-order valence-corrected chi connectivity index (χ3v) is 3.06. The van der Waals surface area contributed by atoms with Crippen molar-refractivity contribution in [3.8, 4) is 0 Å². The highest BCUT2D eigenvalue weighted by Gasteiger charge is 2.03. The number of hydrogen-bond acceptors (Lipinski definition) is 3. The maximum atomic E-state index is 4.41. The predicted molar refractivity (Wildman–Crippen MR) is 77.2 cm³/mol. The Balaban J connectivity index is 1.90. The zero-order valence-electron chi connectivity index (χ0n) is 10.9. The molecule has 0 aliphatic heterocycles. The maximum absolute atomic E-state index is 4.41. The summed E-state index contributed by atoms with van der Waals surface area (Å²) in [5.41, 5.74) is 3.40. The van der Waals surface area contributed by atoms with Crippen LogP contribution < -0.4 is 5.32 Å². The number of rotatable bonds is 4. The summed E-state index contributed by atoms with van der Waals surface area (Å²) in [6.07, 6.45) is 3.73. The topological polar surface area (TPSA) is 42.7 Å². The summed E-state index contributed by atoms with van der Waals surface area (Å²) < 4.78 is 2.15. The molecule has 1 N–H and O–H groups in total. The second kappa shape index (κ2) is 5.10. The average Bonchev–Trinajstić information content (AvgIpc) is 2.83. The van der Waals surface area contributed by atoms with Gasteiger partial charge in [0, 0.05) is 19.3 Å². The fourth-order valence-corrected chi connectivity index (χ4v) is 2.18. The van der Waals surface area contributed by atoms with Gasteiger partial charge in [-0.1, -0.05) is 12.1 Å². The largest absolute Gasteiger partial charge is 0.370 e. The number of aromatic nitrogens is 3. The van der Waals surface area contributed by atoms with Gasteiger partial charge in [-0.2, -0.15) is 0 Å². The van der Waals surface area contributed by atoms with E-state index in [1.54, 1.807) is 0 Å². The van der Waals surface area contributed by atoms with Crippen molar-refractivity contribution in [3.05, 3.63) is 54.5 Å². The molecular weight excluding hydrogens is 236 g/mol. The molecule has 4 heteroatoms. The lowest BCUT2D eigenvalue weighted by atomic mass is 10.2. The van der Waals surface area contributed by atoms with Crippen LogP contribution in [-0.4, -0.2) is 21.1 Å². The van der Waals surface area contributed by atoms with Gasteiger partial charge in [0.15, 0.2) is 0 Å². The Morgan fingerprint density at radius 3 is 2.95 bits per heavy atom. The second-order valence-electron chi connectivity index (χ2n) is 4.44. The van der Waals surface area contributed by atoms with Crippen molar-refractivity contribution in [2.24, 2.45) is 0 Å². The van der Waals surface area contributed by atoms with Crippen molar-refractivity contribution in [1.29, 1.82) is 0 Å². The molecule has 19 heavy (non-hydrogen) atoms. The van der Waals surface area contributed by atoms with Gasteiger partial charge in [0.25, 0.3) is 0 Å². The SMILES string of the molecule is CCNc1cc(Cn2cnc3ccccc32)ccn1. The molecular formula is C15H16N4. The van der Waals surface area contributed by atoms with Gasteiger partial charge in [0.05, 0.1) is 17.4 Å². The summed E-state index contributed by atoms with van der Waals surface area (Å²) in [5, 5.41) is 3.23. The predicted octanol–water partition coefficient (Wildman–Crippen LogP) is 2.91. The number of nitrogens with zero attached hydrogens (tertiary/aromatic N) is 3. The summed E-state index contributed by atoms with van der Waals surface area (Å²) >= 11 is 0. The number of fused-ring (bicyclic) bond motifs is 1. The Labute approximate surface area is 112 Å². The van der Waals surface area contributed by atoms with Crippen molar-refractivity contribution in [2.75, 3.05) is 11.9 Å². The van der Waals surface area contributed by atoms with E-state index in [1.165, 1.54) is 5.56 Å². The van der Waals surface area contributed by atoms with Gasteiger partial charge in [-0.25, -0.2) is 9.97 Å². The van der Waals surface area contributed by atoms with Crippen LogP contribution in [0.15, 0.2) is 48.9 Å². The number of anilines is 1. The number of para-hydroxylation sites is 2. The fourth-order valence-electron chi connectivity index (χ4n) is 2.18. The van der Waals surface area contributed by atoms with Crippen molar-refractivity contribution in [1.82, 2.24) is 14.5 Å². The van der Waals surface area contributed by atoms with Crippen LogP contribution in [0.5, 0.6) is 0 Å². The normalized spacial score (nSPS) is 10.8. The molecule has 96 valence electrons. The first-order valence-electron chi connectivity index (χ1n) is 6.45. The van der Waals surface area contributed by atoms with Crippen molar-refractivity contribution in [3.63, 3.8) is 0 Å². The van der Waals surface area contributed by atoms with Crippen molar-refractivity contribution in [2.45, 2.75) is 13.5 Å². The van der Waals surface area contributed by atoms with E-state index in [0.717, 1.165) is 29.9 Å². The third kappa shape index (κ3) is 2.42. The van der Waals surface area contributed by atoms with E-state index in [4.69, 9.17) is 0 Å².